The number of hydrogen-bond acceptors (Lipinski definition) is 6. The van der Waals surface area contributed by atoms with Gasteiger partial charge in [-0.25, -0.2) is 0 Å². The van der Waals surface area contributed by atoms with Gasteiger partial charge in [0, 0.05) is 57.0 Å². The average molecular weight is 511 g/mol. The molecule has 0 N–H and O–H groups in total. The molecule has 5 rings (SSSR count). The average Bonchev–Trinajstić information content (AvgIpc) is 2.94. The zero-order valence-electron chi connectivity index (χ0n) is 22.2. The van der Waals surface area contributed by atoms with Gasteiger partial charge in [-0.05, 0) is 94.3 Å². The number of methoxy groups -OCH3 is 1. The van der Waals surface area contributed by atoms with Crippen molar-refractivity contribution in [3.05, 3.63) is 30.1 Å². The number of amides is 2. The molecular formula is C29H42N4O4. The van der Waals surface area contributed by atoms with Crippen LogP contribution < -0.4 is 0 Å². The number of esters is 1. The molecule has 0 radical (unpaired) electrons. The highest BCUT2D eigenvalue weighted by Gasteiger charge is 2.49. The molecule has 0 spiro atoms. The number of ether oxygens (including phenoxy) is 1. The van der Waals surface area contributed by atoms with Crippen molar-refractivity contribution in [2.45, 2.75) is 76.3 Å². The van der Waals surface area contributed by atoms with Crippen molar-refractivity contribution < 1.29 is 19.1 Å². The maximum atomic E-state index is 13.8. The van der Waals surface area contributed by atoms with Gasteiger partial charge in [0.1, 0.15) is 0 Å². The topological polar surface area (TPSA) is 83.0 Å². The van der Waals surface area contributed by atoms with Crippen LogP contribution in [0, 0.1) is 17.8 Å². The highest BCUT2D eigenvalue weighted by molar-refractivity contribution is 5.93. The molecular weight excluding hydrogens is 468 g/mol. The van der Waals surface area contributed by atoms with Gasteiger partial charge >= 0.3 is 5.97 Å². The third-order valence-electron chi connectivity index (χ3n) is 9.37. The molecule has 8 nitrogen and oxygen atoms in total. The molecule has 0 saturated carbocycles. The van der Waals surface area contributed by atoms with Gasteiger partial charge in [0.15, 0.2) is 0 Å². The zero-order chi connectivity index (χ0) is 25.8. The highest BCUT2D eigenvalue weighted by atomic mass is 16.5. The van der Waals surface area contributed by atoms with E-state index in [0.717, 1.165) is 32.2 Å². The van der Waals surface area contributed by atoms with Crippen molar-refractivity contribution in [3.8, 4) is 0 Å². The van der Waals surface area contributed by atoms with Crippen LogP contribution in [0.3, 0.4) is 0 Å². The second-order valence-corrected chi connectivity index (χ2v) is 11.5. The normalized spacial score (nSPS) is 28.5. The van der Waals surface area contributed by atoms with E-state index in [-0.39, 0.29) is 23.8 Å². The number of aromatic nitrogens is 1. The lowest BCUT2D eigenvalue weighted by atomic mass is 9.69. The van der Waals surface area contributed by atoms with E-state index in [2.05, 4.69) is 14.8 Å². The zero-order valence-corrected chi connectivity index (χ0v) is 22.2. The van der Waals surface area contributed by atoms with Crippen molar-refractivity contribution in [2.75, 3.05) is 39.8 Å². The Kier molecular flexibility index (Phi) is 8.43. The number of pyridine rings is 1. The van der Waals surface area contributed by atoms with Gasteiger partial charge in [-0.2, -0.15) is 0 Å². The molecule has 0 aliphatic carbocycles. The van der Waals surface area contributed by atoms with Gasteiger partial charge in [0.2, 0.25) is 5.91 Å². The monoisotopic (exact) mass is 510 g/mol. The molecule has 4 fully saturated rings. The molecule has 4 aliphatic heterocycles. The van der Waals surface area contributed by atoms with Crippen molar-refractivity contribution in [1.29, 1.82) is 0 Å². The number of hydrogen-bond donors (Lipinski definition) is 0. The van der Waals surface area contributed by atoms with Crippen LogP contribution in [0.5, 0.6) is 0 Å². The summed E-state index contributed by atoms with van der Waals surface area (Å²) in [5.41, 5.74) is 0.628. The second-order valence-electron chi connectivity index (χ2n) is 11.5. The number of rotatable bonds is 7. The SMILES string of the molecule is COC(=O)CCCC1C2CCCN3CCCC(CN1C(=O)CC1CCN(C(=O)c4cccnc4)CC1)C23. The molecule has 202 valence electrons. The van der Waals surface area contributed by atoms with Crippen LogP contribution in [-0.4, -0.2) is 89.4 Å². The standard InChI is InChI=1S/C29H42N4O4/c1-37-27(35)10-2-9-25-24-8-5-15-31-14-4-7-23(28(24)31)20-33(25)26(34)18-21-11-16-32(17-12-21)29(36)22-6-3-13-30-19-22/h3,6,13,19,21,23-25,28H,2,4-5,7-12,14-18,20H2,1H3. The molecule has 4 aliphatic rings. The fraction of sp³-hybridized carbons (Fsp3) is 0.724. The van der Waals surface area contributed by atoms with Crippen LogP contribution in [0.4, 0.5) is 0 Å². The number of piperidine rings is 4. The van der Waals surface area contributed by atoms with Gasteiger partial charge in [-0.15, -0.1) is 0 Å². The minimum absolute atomic E-state index is 0.0322. The number of carbonyl (C=O) groups excluding carboxylic acids is 3. The van der Waals surface area contributed by atoms with E-state index in [1.807, 2.05) is 11.0 Å². The molecule has 4 atom stereocenters. The number of nitrogens with zero attached hydrogens (tertiary/aromatic N) is 4. The summed E-state index contributed by atoms with van der Waals surface area (Å²) in [5.74, 6) is 1.54. The third kappa shape index (κ3) is 5.84. The van der Waals surface area contributed by atoms with E-state index >= 15 is 0 Å². The Morgan fingerprint density at radius 2 is 1.84 bits per heavy atom. The minimum Gasteiger partial charge on any atom is -0.469 e. The molecule has 2 amide bonds. The van der Waals surface area contributed by atoms with Gasteiger partial charge in [-0.1, -0.05) is 0 Å². The lowest BCUT2D eigenvalue weighted by molar-refractivity contribution is -0.148. The predicted octanol–water partition coefficient (Wildman–Crippen LogP) is 3.37. The van der Waals surface area contributed by atoms with Gasteiger partial charge in [0.25, 0.3) is 5.91 Å². The van der Waals surface area contributed by atoms with Crippen molar-refractivity contribution in [2.24, 2.45) is 17.8 Å². The summed E-state index contributed by atoms with van der Waals surface area (Å²) in [6.45, 7) is 4.62. The Hall–Kier alpha value is -2.48. The maximum Gasteiger partial charge on any atom is 0.305 e. The Labute approximate surface area is 220 Å². The highest BCUT2D eigenvalue weighted by Crippen LogP contribution is 2.43. The first-order valence-corrected chi connectivity index (χ1v) is 14.3. The molecule has 1 aromatic rings. The molecule has 37 heavy (non-hydrogen) atoms. The molecule has 4 saturated heterocycles. The summed E-state index contributed by atoms with van der Waals surface area (Å²) in [4.78, 5) is 49.3. The fourth-order valence-corrected chi connectivity index (χ4v) is 7.59. The van der Waals surface area contributed by atoms with Crippen LogP contribution in [0.1, 0.15) is 74.6 Å². The quantitative estimate of drug-likeness (QED) is 0.523. The van der Waals surface area contributed by atoms with E-state index in [9.17, 15) is 14.4 Å². The van der Waals surface area contributed by atoms with Crippen LogP contribution >= 0.6 is 0 Å². The van der Waals surface area contributed by atoms with Gasteiger partial charge in [-0.3, -0.25) is 24.3 Å². The van der Waals surface area contributed by atoms with Crippen LogP contribution in [-0.2, 0) is 14.3 Å². The van der Waals surface area contributed by atoms with Crippen molar-refractivity contribution in [3.63, 3.8) is 0 Å². The first kappa shape index (κ1) is 26.1. The van der Waals surface area contributed by atoms with Crippen LogP contribution in [0.25, 0.3) is 0 Å². The summed E-state index contributed by atoms with van der Waals surface area (Å²) in [6, 6.07) is 4.41. The summed E-state index contributed by atoms with van der Waals surface area (Å²) in [6.07, 6.45) is 12.5. The summed E-state index contributed by atoms with van der Waals surface area (Å²) < 4.78 is 4.88. The predicted molar refractivity (Wildman–Crippen MR) is 140 cm³/mol. The lowest BCUT2D eigenvalue weighted by Gasteiger charge is -2.57. The Balaban J connectivity index is 1.22. The Morgan fingerprint density at radius 1 is 1.05 bits per heavy atom. The molecule has 0 aromatic carbocycles. The van der Waals surface area contributed by atoms with Crippen molar-refractivity contribution in [1.82, 2.24) is 19.7 Å². The van der Waals surface area contributed by atoms with E-state index in [4.69, 9.17) is 4.74 Å². The van der Waals surface area contributed by atoms with Gasteiger partial charge < -0.3 is 14.5 Å². The number of likely N-dealkylation sites (tertiary alicyclic amines) is 2. The molecule has 1 aromatic heterocycles. The minimum atomic E-state index is -0.165. The second kappa shape index (κ2) is 11.9. The largest absolute Gasteiger partial charge is 0.469 e. The molecule has 8 heteroatoms. The lowest BCUT2D eigenvalue weighted by Crippen LogP contribution is -2.65. The Bertz CT molecular complexity index is 946. The van der Waals surface area contributed by atoms with Gasteiger partial charge in [0.05, 0.1) is 12.7 Å². The van der Waals surface area contributed by atoms with E-state index in [1.54, 1.807) is 18.5 Å². The smallest absolute Gasteiger partial charge is 0.305 e. The van der Waals surface area contributed by atoms with E-state index < -0.39 is 0 Å². The molecule has 0 bridgehead atoms. The summed E-state index contributed by atoms with van der Waals surface area (Å²) in [5, 5.41) is 0. The van der Waals surface area contributed by atoms with E-state index in [0.29, 0.717) is 55.3 Å². The fourth-order valence-electron chi connectivity index (χ4n) is 7.59. The molecule has 4 unspecified atom stereocenters. The first-order valence-electron chi connectivity index (χ1n) is 14.3. The maximum absolute atomic E-state index is 13.8. The van der Waals surface area contributed by atoms with Crippen molar-refractivity contribution >= 4 is 17.8 Å². The third-order valence-corrected chi connectivity index (χ3v) is 9.37. The van der Waals surface area contributed by atoms with E-state index in [1.165, 1.54) is 45.9 Å². The molecule has 5 heterocycles. The summed E-state index contributed by atoms with van der Waals surface area (Å²) in [7, 11) is 1.44. The first-order chi connectivity index (χ1) is 18.0. The van der Waals surface area contributed by atoms with Crippen LogP contribution in [0.2, 0.25) is 0 Å². The number of carbonyl (C=O) groups is 3. The summed E-state index contributed by atoms with van der Waals surface area (Å²) >= 11 is 0. The van der Waals surface area contributed by atoms with Crippen LogP contribution in [0.15, 0.2) is 24.5 Å². The Morgan fingerprint density at radius 3 is 2.57 bits per heavy atom.